The summed E-state index contributed by atoms with van der Waals surface area (Å²) in [5.41, 5.74) is 2.06. The number of nitrogens with zero attached hydrogens (tertiary/aromatic N) is 3. The van der Waals surface area contributed by atoms with Gasteiger partial charge in [0.15, 0.2) is 0 Å². The lowest BCUT2D eigenvalue weighted by atomic mass is 10.2. The Morgan fingerprint density at radius 3 is 2.62 bits per heavy atom. The van der Waals surface area contributed by atoms with Crippen LogP contribution in [0.4, 0.5) is 17.6 Å². The number of aromatic nitrogens is 3. The quantitative estimate of drug-likeness (QED) is 0.829. The number of rotatable bonds is 6. The monoisotopic (exact) mass is 351 g/mol. The second-order valence-corrected chi connectivity index (χ2v) is 5.36. The van der Waals surface area contributed by atoms with E-state index < -0.39 is 0 Å². The third-order valence-corrected chi connectivity index (χ3v) is 3.36. The SMILES string of the molecule is CCCNc1nc(Nc2ccc(C)cc2Br)nc(OC)n1. The predicted octanol–water partition coefficient (Wildman–Crippen LogP) is 3.52. The first-order valence-corrected chi connectivity index (χ1v) is 7.48. The van der Waals surface area contributed by atoms with Crippen molar-refractivity contribution in [2.45, 2.75) is 20.3 Å². The molecule has 0 bridgehead atoms. The molecule has 0 aliphatic rings. The molecule has 0 aliphatic carbocycles. The van der Waals surface area contributed by atoms with Gasteiger partial charge in [-0.2, -0.15) is 15.0 Å². The third kappa shape index (κ3) is 4.29. The summed E-state index contributed by atoms with van der Waals surface area (Å²) in [6, 6.07) is 6.28. The van der Waals surface area contributed by atoms with E-state index in [1.54, 1.807) is 0 Å². The average molecular weight is 352 g/mol. The van der Waals surface area contributed by atoms with Gasteiger partial charge in [-0.05, 0) is 47.0 Å². The van der Waals surface area contributed by atoms with Crippen LogP contribution in [-0.4, -0.2) is 28.6 Å². The first kappa shape index (κ1) is 15.5. The van der Waals surface area contributed by atoms with Crippen molar-refractivity contribution in [2.24, 2.45) is 0 Å². The number of nitrogens with one attached hydrogen (secondary N) is 2. The maximum Gasteiger partial charge on any atom is 0.322 e. The Labute approximate surface area is 132 Å². The maximum atomic E-state index is 5.11. The molecule has 0 unspecified atom stereocenters. The smallest absolute Gasteiger partial charge is 0.322 e. The van der Waals surface area contributed by atoms with Crippen LogP contribution in [0, 0.1) is 6.92 Å². The highest BCUT2D eigenvalue weighted by molar-refractivity contribution is 9.10. The standard InChI is InChI=1S/C14H18BrN5O/c1-4-7-16-12-18-13(20-14(19-12)21-3)17-11-6-5-9(2)8-10(11)15/h5-6,8H,4,7H2,1-3H3,(H2,16,17,18,19,20). The van der Waals surface area contributed by atoms with E-state index in [1.807, 2.05) is 25.1 Å². The second kappa shape index (κ2) is 7.21. The summed E-state index contributed by atoms with van der Waals surface area (Å²) in [7, 11) is 1.53. The van der Waals surface area contributed by atoms with Gasteiger partial charge in [-0.25, -0.2) is 0 Å². The van der Waals surface area contributed by atoms with Crippen molar-refractivity contribution < 1.29 is 4.74 Å². The minimum absolute atomic E-state index is 0.273. The Morgan fingerprint density at radius 1 is 1.19 bits per heavy atom. The predicted molar refractivity (Wildman–Crippen MR) is 87.3 cm³/mol. The Morgan fingerprint density at radius 2 is 1.95 bits per heavy atom. The summed E-state index contributed by atoms with van der Waals surface area (Å²) in [6.45, 7) is 4.90. The van der Waals surface area contributed by atoms with E-state index in [4.69, 9.17) is 4.74 Å². The van der Waals surface area contributed by atoms with Crippen molar-refractivity contribution in [3.63, 3.8) is 0 Å². The van der Waals surface area contributed by atoms with E-state index in [9.17, 15) is 0 Å². The number of halogens is 1. The molecular weight excluding hydrogens is 334 g/mol. The van der Waals surface area contributed by atoms with Gasteiger partial charge in [0.2, 0.25) is 11.9 Å². The first-order valence-electron chi connectivity index (χ1n) is 6.69. The lowest BCUT2D eigenvalue weighted by Crippen LogP contribution is -2.09. The van der Waals surface area contributed by atoms with Crippen molar-refractivity contribution >= 4 is 33.5 Å². The molecule has 6 nitrogen and oxygen atoms in total. The van der Waals surface area contributed by atoms with Gasteiger partial charge >= 0.3 is 6.01 Å². The summed E-state index contributed by atoms with van der Waals surface area (Å²) in [4.78, 5) is 12.7. The van der Waals surface area contributed by atoms with E-state index in [1.165, 1.54) is 12.7 Å². The fourth-order valence-electron chi connectivity index (χ4n) is 1.66. The van der Waals surface area contributed by atoms with Crippen LogP contribution in [0.15, 0.2) is 22.7 Å². The molecule has 112 valence electrons. The fourth-order valence-corrected chi connectivity index (χ4v) is 2.25. The van der Waals surface area contributed by atoms with Gasteiger partial charge in [0.05, 0.1) is 12.8 Å². The number of aryl methyl sites for hydroxylation is 1. The van der Waals surface area contributed by atoms with Crippen molar-refractivity contribution in [3.8, 4) is 6.01 Å². The van der Waals surface area contributed by atoms with Crippen LogP contribution < -0.4 is 15.4 Å². The molecule has 0 saturated carbocycles. The summed E-state index contributed by atoms with van der Waals surface area (Å²) in [5.74, 6) is 0.930. The highest BCUT2D eigenvalue weighted by Crippen LogP contribution is 2.26. The van der Waals surface area contributed by atoms with E-state index in [0.717, 1.165) is 23.1 Å². The Bertz CT molecular complexity index is 620. The van der Waals surface area contributed by atoms with Gasteiger partial charge in [-0.3, -0.25) is 0 Å². The third-order valence-electron chi connectivity index (χ3n) is 2.70. The maximum absolute atomic E-state index is 5.11. The van der Waals surface area contributed by atoms with E-state index in [2.05, 4.69) is 48.4 Å². The minimum Gasteiger partial charge on any atom is -0.467 e. The molecule has 0 radical (unpaired) electrons. The zero-order chi connectivity index (χ0) is 15.2. The molecule has 0 fully saturated rings. The zero-order valence-corrected chi connectivity index (χ0v) is 13.9. The molecular formula is C14H18BrN5O. The van der Waals surface area contributed by atoms with Crippen LogP contribution in [0.25, 0.3) is 0 Å². The molecule has 2 N–H and O–H groups in total. The molecule has 21 heavy (non-hydrogen) atoms. The number of methoxy groups -OCH3 is 1. The van der Waals surface area contributed by atoms with Crippen LogP contribution in [0.1, 0.15) is 18.9 Å². The van der Waals surface area contributed by atoms with Gasteiger partial charge in [-0.15, -0.1) is 0 Å². The van der Waals surface area contributed by atoms with Gasteiger partial charge in [0.25, 0.3) is 0 Å². The molecule has 0 amide bonds. The summed E-state index contributed by atoms with van der Waals surface area (Å²) in [5, 5.41) is 6.29. The first-order chi connectivity index (χ1) is 10.1. The Kier molecular flexibility index (Phi) is 5.32. The Balaban J connectivity index is 2.25. The molecule has 0 atom stereocenters. The van der Waals surface area contributed by atoms with Crippen molar-refractivity contribution in [1.29, 1.82) is 0 Å². The number of benzene rings is 1. The summed E-state index contributed by atoms with van der Waals surface area (Å²) >= 11 is 3.52. The number of hydrogen-bond acceptors (Lipinski definition) is 6. The molecule has 2 rings (SSSR count). The van der Waals surface area contributed by atoms with Crippen molar-refractivity contribution in [2.75, 3.05) is 24.3 Å². The Hall–Kier alpha value is -1.89. The molecule has 1 aromatic heterocycles. The molecule has 7 heteroatoms. The van der Waals surface area contributed by atoms with Crippen LogP contribution in [0.2, 0.25) is 0 Å². The van der Waals surface area contributed by atoms with E-state index in [0.29, 0.717) is 11.9 Å². The van der Waals surface area contributed by atoms with E-state index in [-0.39, 0.29) is 6.01 Å². The van der Waals surface area contributed by atoms with Gasteiger partial charge in [0.1, 0.15) is 0 Å². The lowest BCUT2D eigenvalue weighted by Gasteiger charge is -2.10. The molecule has 1 aromatic carbocycles. The van der Waals surface area contributed by atoms with Crippen LogP contribution in [0.3, 0.4) is 0 Å². The number of hydrogen-bond donors (Lipinski definition) is 2. The molecule has 2 aromatic rings. The average Bonchev–Trinajstić information content (AvgIpc) is 2.48. The normalized spacial score (nSPS) is 10.3. The van der Waals surface area contributed by atoms with Gasteiger partial charge in [0, 0.05) is 11.0 Å². The van der Waals surface area contributed by atoms with Gasteiger partial charge in [-0.1, -0.05) is 13.0 Å². The fraction of sp³-hybridized carbons (Fsp3) is 0.357. The molecule has 0 spiro atoms. The van der Waals surface area contributed by atoms with Crippen LogP contribution in [-0.2, 0) is 0 Å². The topological polar surface area (TPSA) is 72.0 Å². The highest BCUT2D eigenvalue weighted by Gasteiger charge is 2.08. The summed E-state index contributed by atoms with van der Waals surface area (Å²) < 4.78 is 6.06. The minimum atomic E-state index is 0.273. The largest absolute Gasteiger partial charge is 0.467 e. The summed E-state index contributed by atoms with van der Waals surface area (Å²) in [6.07, 6.45) is 0.986. The van der Waals surface area contributed by atoms with Gasteiger partial charge < -0.3 is 15.4 Å². The van der Waals surface area contributed by atoms with Crippen LogP contribution in [0.5, 0.6) is 6.01 Å². The number of anilines is 3. The molecule has 0 aliphatic heterocycles. The van der Waals surface area contributed by atoms with Crippen molar-refractivity contribution in [1.82, 2.24) is 15.0 Å². The molecule has 0 saturated heterocycles. The second-order valence-electron chi connectivity index (χ2n) is 4.50. The van der Waals surface area contributed by atoms with Crippen LogP contribution >= 0.6 is 15.9 Å². The lowest BCUT2D eigenvalue weighted by molar-refractivity contribution is 0.379. The molecule has 1 heterocycles. The van der Waals surface area contributed by atoms with E-state index >= 15 is 0 Å². The number of ether oxygens (including phenoxy) is 1. The highest BCUT2D eigenvalue weighted by atomic mass is 79.9. The zero-order valence-electron chi connectivity index (χ0n) is 12.3. The van der Waals surface area contributed by atoms with Crippen molar-refractivity contribution in [3.05, 3.63) is 28.2 Å².